The first kappa shape index (κ1) is 12.1. The third kappa shape index (κ3) is 3.60. The second-order valence-corrected chi connectivity index (χ2v) is 3.98. The van der Waals surface area contributed by atoms with Gasteiger partial charge in [-0.2, -0.15) is 0 Å². The van der Waals surface area contributed by atoms with Crippen LogP contribution in [-0.2, 0) is 0 Å². The van der Waals surface area contributed by atoms with Crippen molar-refractivity contribution in [1.82, 2.24) is 10.3 Å². The molecule has 2 N–H and O–H groups in total. The van der Waals surface area contributed by atoms with Gasteiger partial charge in [0.05, 0.1) is 5.56 Å². The van der Waals surface area contributed by atoms with Gasteiger partial charge in [0.2, 0.25) is 0 Å². The quantitative estimate of drug-likeness (QED) is 0.814. The summed E-state index contributed by atoms with van der Waals surface area (Å²) in [7, 11) is 0. The fraction of sp³-hybridized carbons (Fsp3) is 0.400. The molecule has 1 aromatic rings. The normalized spacial score (nSPS) is 12.2. The number of rotatable bonds is 4. The van der Waals surface area contributed by atoms with E-state index in [2.05, 4.69) is 26.2 Å². The Labute approximate surface area is 96.8 Å². The van der Waals surface area contributed by atoms with Crippen LogP contribution < -0.4 is 5.32 Å². The van der Waals surface area contributed by atoms with E-state index in [1.165, 1.54) is 0 Å². The van der Waals surface area contributed by atoms with Gasteiger partial charge in [0.25, 0.3) is 5.91 Å². The van der Waals surface area contributed by atoms with Gasteiger partial charge in [0.1, 0.15) is 4.60 Å². The van der Waals surface area contributed by atoms with Crippen molar-refractivity contribution in [3.63, 3.8) is 0 Å². The van der Waals surface area contributed by atoms with Gasteiger partial charge < -0.3 is 10.4 Å². The third-order valence-corrected chi connectivity index (χ3v) is 2.58. The number of hydrogen-bond donors (Lipinski definition) is 2. The summed E-state index contributed by atoms with van der Waals surface area (Å²) < 4.78 is 0.527. The Hall–Kier alpha value is -0.940. The molecular weight excluding hydrogens is 260 g/mol. The predicted molar refractivity (Wildman–Crippen MR) is 60.6 cm³/mol. The fourth-order valence-electron chi connectivity index (χ4n) is 1.12. The van der Waals surface area contributed by atoms with Crippen molar-refractivity contribution in [2.75, 3.05) is 6.61 Å². The number of carbonyl (C=O) groups is 1. The number of hydrogen-bond acceptors (Lipinski definition) is 3. The van der Waals surface area contributed by atoms with Crippen LogP contribution in [0.3, 0.4) is 0 Å². The number of amides is 1. The minimum atomic E-state index is -0.184. The maximum atomic E-state index is 11.7. The summed E-state index contributed by atoms with van der Waals surface area (Å²) in [6.45, 7) is 1.91. The highest BCUT2D eigenvalue weighted by Gasteiger charge is 2.12. The van der Waals surface area contributed by atoms with Crippen molar-refractivity contribution in [2.24, 2.45) is 0 Å². The maximum absolute atomic E-state index is 11.7. The van der Waals surface area contributed by atoms with E-state index in [1.807, 2.05) is 6.92 Å². The number of nitrogens with one attached hydrogen (secondary N) is 1. The first-order valence-corrected chi connectivity index (χ1v) is 5.46. The van der Waals surface area contributed by atoms with Crippen LogP contribution in [0.25, 0.3) is 0 Å². The van der Waals surface area contributed by atoms with Gasteiger partial charge in [-0.25, -0.2) is 4.98 Å². The van der Waals surface area contributed by atoms with E-state index in [9.17, 15) is 4.79 Å². The van der Waals surface area contributed by atoms with Crippen LogP contribution in [0.1, 0.15) is 23.7 Å². The standard InChI is InChI=1S/C10H13BrN2O2/c1-7(4-6-14)13-10(15)8-3-2-5-12-9(8)11/h2-3,5,7,14H,4,6H2,1H3,(H,13,15). The number of aliphatic hydroxyl groups excluding tert-OH is 1. The van der Waals surface area contributed by atoms with Gasteiger partial charge in [-0.3, -0.25) is 4.79 Å². The minimum absolute atomic E-state index is 0.0467. The molecule has 1 unspecified atom stereocenters. The summed E-state index contributed by atoms with van der Waals surface area (Å²) >= 11 is 3.20. The minimum Gasteiger partial charge on any atom is -0.396 e. The molecule has 1 rings (SSSR count). The van der Waals surface area contributed by atoms with Crippen molar-refractivity contribution in [3.8, 4) is 0 Å². The second kappa shape index (κ2) is 5.82. The molecule has 15 heavy (non-hydrogen) atoms. The molecule has 0 spiro atoms. The summed E-state index contributed by atoms with van der Waals surface area (Å²) in [4.78, 5) is 15.6. The lowest BCUT2D eigenvalue weighted by Crippen LogP contribution is -2.33. The van der Waals surface area contributed by atoms with E-state index in [0.29, 0.717) is 16.6 Å². The molecule has 0 aromatic carbocycles. The Kier molecular flexibility index (Phi) is 4.71. The van der Waals surface area contributed by atoms with E-state index in [1.54, 1.807) is 18.3 Å². The molecule has 82 valence electrons. The zero-order valence-electron chi connectivity index (χ0n) is 8.40. The van der Waals surface area contributed by atoms with Crippen molar-refractivity contribution < 1.29 is 9.90 Å². The van der Waals surface area contributed by atoms with Crippen LogP contribution in [0.2, 0.25) is 0 Å². The Balaban J connectivity index is 2.65. The molecule has 4 nitrogen and oxygen atoms in total. The molecule has 0 radical (unpaired) electrons. The highest BCUT2D eigenvalue weighted by molar-refractivity contribution is 9.10. The predicted octanol–water partition coefficient (Wildman–Crippen LogP) is 1.34. The lowest BCUT2D eigenvalue weighted by molar-refractivity contribution is 0.0933. The molecule has 0 saturated carbocycles. The van der Waals surface area contributed by atoms with Crippen LogP contribution in [-0.4, -0.2) is 28.6 Å². The largest absolute Gasteiger partial charge is 0.396 e. The molecule has 0 aliphatic heterocycles. The molecule has 0 bridgehead atoms. The van der Waals surface area contributed by atoms with Crippen LogP contribution in [0.5, 0.6) is 0 Å². The monoisotopic (exact) mass is 272 g/mol. The van der Waals surface area contributed by atoms with Crippen molar-refractivity contribution in [1.29, 1.82) is 0 Å². The molecular formula is C10H13BrN2O2. The van der Waals surface area contributed by atoms with Crippen molar-refractivity contribution >= 4 is 21.8 Å². The third-order valence-electron chi connectivity index (χ3n) is 1.94. The lowest BCUT2D eigenvalue weighted by Gasteiger charge is -2.12. The molecule has 5 heteroatoms. The molecule has 0 aliphatic rings. The van der Waals surface area contributed by atoms with Crippen molar-refractivity contribution in [2.45, 2.75) is 19.4 Å². The van der Waals surface area contributed by atoms with Gasteiger partial charge in [-0.15, -0.1) is 0 Å². The molecule has 1 amide bonds. The highest BCUT2D eigenvalue weighted by atomic mass is 79.9. The van der Waals surface area contributed by atoms with E-state index in [0.717, 1.165) is 0 Å². The zero-order valence-corrected chi connectivity index (χ0v) is 9.99. The number of halogens is 1. The van der Waals surface area contributed by atoms with Crippen LogP contribution in [0.4, 0.5) is 0 Å². The van der Waals surface area contributed by atoms with E-state index < -0.39 is 0 Å². The molecule has 0 saturated heterocycles. The molecule has 1 atom stereocenters. The summed E-state index contributed by atoms with van der Waals surface area (Å²) in [5.74, 6) is -0.184. The Morgan fingerprint density at radius 2 is 2.47 bits per heavy atom. The zero-order chi connectivity index (χ0) is 11.3. The van der Waals surface area contributed by atoms with Crippen LogP contribution >= 0.6 is 15.9 Å². The second-order valence-electron chi connectivity index (χ2n) is 3.23. The van der Waals surface area contributed by atoms with Crippen molar-refractivity contribution in [3.05, 3.63) is 28.5 Å². The average Bonchev–Trinajstić information content (AvgIpc) is 2.18. The van der Waals surface area contributed by atoms with Crippen LogP contribution in [0, 0.1) is 0 Å². The SMILES string of the molecule is CC(CCO)NC(=O)c1cccnc1Br. The smallest absolute Gasteiger partial charge is 0.254 e. The summed E-state index contributed by atoms with van der Waals surface area (Å²) in [6.07, 6.45) is 2.15. The molecule has 0 fully saturated rings. The first-order valence-electron chi connectivity index (χ1n) is 4.67. The molecule has 1 heterocycles. The van der Waals surface area contributed by atoms with Gasteiger partial charge in [-0.05, 0) is 41.4 Å². The van der Waals surface area contributed by atoms with Crippen LogP contribution in [0.15, 0.2) is 22.9 Å². The van der Waals surface area contributed by atoms with E-state index in [-0.39, 0.29) is 18.6 Å². The molecule has 0 aliphatic carbocycles. The van der Waals surface area contributed by atoms with Gasteiger partial charge in [-0.1, -0.05) is 0 Å². The number of pyridine rings is 1. The Morgan fingerprint density at radius 1 is 1.73 bits per heavy atom. The number of carbonyl (C=O) groups excluding carboxylic acids is 1. The summed E-state index contributed by atoms with van der Waals surface area (Å²) in [5.41, 5.74) is 0.502. The topological polar surface area (TPSA) is 62.2 Å². The maximum Gasteiger partial charge on any atom is 0.254 e. The summed E-state index contributed by atoms with van der Waals surface area (Å²) in [6, 6.07) is 3.35. The van der Waals surface area contributed by atoms with Gasteiger partial charge >= 0.3 is 0 Å². The van der Waals surface area contributed by atoms with E-state index >= 15 is 0 Å². The Morgan fingerprint density at radius 3 is 3.07 bits per heavy atom. The van der Waals surface area contributed by atoms with Gasteiger partial charge in [0, 0.05) is 18.8 Å². The van der Waals surface area contributed by atoms with E-state index in [4.69, 9.17) is 5.11 Å². The number of nitrogens with zero attached hydrogens (tertiary/aromatic N) is 1. The highest BCUT2D eigenvalue weighted by Crippen LogP contribution is 2.12. The fourth-order valence-corrected chi connectivity index (χ4v) is 1.55. The number of aliphatic hydroxyl groups is 1. The lowest BCUT2D eigenvalue weighted by atomic mass is 10.2. The summed E-state index contributed by atoms with van der Waals surface area (Å²) in [5, 5.41) is 11.5. The first-order chi connectivity index (χ1) is 7.15. The Bertz CT molecular complexity index is 344. The average molecular weight is 273 g/mol. The number of aromatic nitrogens is 1. The van der Waals surface area contributed by atoms with Gasteiger partial charge in [0.15, 0.2) is 0 Å². The molecule has 1 aromatic heterocycles.